The number of pyridine rings is 1. The van der Waals surface area contributed by atoms with Gasteiger partial charge in [0, 0.05) is 34.9 Å². The molecule has 2 aromatic heterocycles. The third kappa shape index (κ3) is 3.37. The summed E-state index contributed by atoms with van der Waals surface area (Å²) in [5.74, 6) is -0.415. The van der Waals surface area contributed by atoms with Crippen LogP contribution in [0.1, 0.15) is 27.7 Å². The highest BCUT2D eigenvalue weighted by Crippen LogP contribution is 2.40. The molecule has 0 radical (unpaired) electrons. The summed E-state index contributed by atoms with van der Waals surface area (Å²) in [4.78, 5) is 18.9. The van der Waals surface area contributed by atoms with Gasteiger partial charge in [-0.25, -0.2) is 0 Å². The van der Waals surface area contributed by atoms with Crippen LogP contribution in [-0.2, 0) is 6.18 Å². The molecule has 2 N–H and O–H groups in total. The summed E-state index contributed by atoms with van der Waals surface area (Å²) in [7, 11) is 0. The number of aromatic nitrogens is 3. The molecule has 0 spiro atoms. The van der Waals surface area contributed by atoms with Crippen molar-refractivity contribution < 1.29 is 18.0 Å². The molecule has 0 saturated carbocycles. The molecule has 0 aliphatic carbocycles. The van der Waals surface area contributed by atoms with E-state index in [2.05, 4.69) is 20.5 Å². The lowest BCUT2D eigenvalue weighted by atomic mass is 10.0. The highest BCUT2D eigenvalue weighted by Gasteiger charge is 2.37. The molecular formula is C23H16F3N5O. The van der Waals surface area contributed by atoms with Crippen LogP contribution >= 0.6 is 0 Å². The fraction of sp³-hybridized carbons (Fsp3) is 0.0870. The summed E-state index contributed by atoms with van der Waals surface area (Å²) in [5.41, 5.74) is 2.18. The van der Waals surface area contributed by atoms with E-state index in [4.69, 9.17) is 0 Å². The molecule has 1 atom stereocenters. The molecule has 2 aromatic carbocycles. The van der Waals surface area contributed by atoms with Crippen LogP contribution in [0.15, 0.2) is 79.3 Å². The standard InChI is InChI=1S/C23H16F3N5O/c24-23(25,26)15-6-3-7-16(11-15)31-21(29-19-9-2-1-8-17(19)22(31)32)18-13-28-30-20(18)14-5-4-10-27-12-14/h1-13,21,29H,(H,28,30). The first-order valence-electron chi connectivity index (χ1n) is 9.73. The van der Waals surface area contributed by atoms with E-state index >= 15 is 0 Å². The van der Waals surface area contributed by atoms with Crippen LogP contribution in [0.5, 0.6) is 0 Å². The van der Waals surface area contributed by atoms with Crippen molar-refractivity contribution in [2.24, 2.45) is 0 Å². The molecule has 5 rings (SSSR count). The number of hydrogen-bond acceptors (Lipinski definition) is 4. The van der Waals surface area contributed by atoms with Crippen LogP contribution in [-0.4, -0.2) is 21.1 Å². The predicted molar refractivity (Wildman–Crippen MR) is 113 cm³/mol. The number of amides is 1. The molecule has 32 heavy (non-hydrogen) atoms. The lowest BCUT2D eigenvalue weighted by Gasteiger charge is -2.38. The molecule has 6 nitrogen and oxygen atoms in total. The third-order valence-corrected chi connectivity index (χ3v) is 5.29. The third-order valence-electron chi connectivity index (χ3n) is 5.29. The number of nitrogens with one attached hydrogen (secondary N) is 2. The van der Waals surface area contributed by atoms with Crippen LogP contribution in [0.4, 0.5) is 24.5 Å². The van der Waals surface area contributed by atoms with Gasteiger partial charge >= 0.3 is 6.18 Å². The number of nitrogens with zero attached hydrogens (tertiary/aromatic N) is 3. The topological polar surface area (TPSA) is 73.9 Å². The van der Waals surface area contributed by atoms with Crippen molar-refractivity contribution in [3.8, 4) is 11.3 Å². The van der Waals surface area contributed by atoms with Crippen molar-refractivity contribution in [1.82, 2.24) is 15.2 Å². The number of benzene rings is 2. The fourth-order valence-corrected chi connectivity index (χ4v) is 3.81. The average Bonchev–Trinajstić information content (AvgIpc) is 3.29. The van der Waals surface area contributed by atoms with E-state index in [1.165, 1.54) is 17.0 Å². The molecule has 0 bridgehead atoms. The number of H-pyrrole nitrogens is 1. The fourth-order valence-electron chi connectivity index (χ4n) is 3.81. The molecule has 1 amide bonds. The number of anilines is 2. The minimum absolute atomic E-state index is 0.121. The Morgan fingerprint density at radius 2 is 1.81 bits per heavy atom. The summed E-state index contributed by atoms with van der Waals surface area (Å²) < 4.78 is 40.2. The lowest BCUT2D eigenvalue weighted by molar-refractivity contribution is -0.137. The van der Waals surface area contributed by atoms with Gasteiger partial charge in [0.15, 0.2) is 0 Å². The molecule has 0 saturated heterocycles. The SMILES string of the molecule is O=C1c2ccccc2NC(c2cn[nH]c2-c2cccnc2)N1c1cccc(C(F)(F)F)c1. The lowest BCUT2D eigenvalue weighted by Crippen LogP contribution is -2.43. The minimum Gasteiger partial charge on any atom is -0.360 e. The summed E-state index contributed by atoms with van der Waals surface area (Å²) >= 11 is 0. The number of alkyl halides is 3. The average molecular weight is 435 g/mol. The van der Waals surface area contributed by atoms with E-state index in [0.717, 1.165) is 17.7 Å². The van der Waals surface area contributed by atoms with Gasteiger partial charge in [-0.15, -0.1) is 0 Å². The van der Waals surface area contributed by atoms with E-state index in [1.54, 1.807) is 48.9 Å². The highest BCUT2D eigenvalue weighted by atomic mass is 19.4. The zero-order chi connectivity index (χ0) is 22.3. The van der Waals surface area contributed by atoms with E-state index < -0.39 is 23.8 Å². The van der Waals surface area contributed by atoms with Gasteiger partial charge < -0.3 is 5.32 Å². The molecule has 9 heteroatoms. The maximum absolute atomic E-state index is 13.5. The predicted octanol–water partition coefficient (Wildman–Crippen LogP) is 5.26. The molecule has 3 heterocycles. The zero-order valence-electron chi connectivity index (χ0n) is 16.5. The van der Waals surface area contributed by atoms with Crippen LogP contribution < -0.4 is 10.2 Å². The van der Waals surface area contributed by atoms with Gasteiger partial charge in [-0.2, -0.15) is 18.3 Å². The molecule has 1 aliphatic rings. The van der Waals surface area contributed by atoms with E-state index in [-0.39, 0.29) is 5.69 Å². The van der Waals surface area contributed by atoms with Gasteiger partial charge in [0.1, 0.15) is 6.17 Å². The van der Waals surface area contributed by atoms with E-state index in [1.807, 2.05) is 6.07 Å². The summed E-state index contributed by atoms with van der Waals surface area (Å²) in [6, 6.07) is 15.2. The molecule has 1 aliphatic heterocycles. The maximum Gasteiger partial charge on any atom is 0.416 e. The Balaban J connectivity index is 1.68. The first-order chi connectivity index (χ1) is 15.4. The normalized spacial score (nSPS) is 15.9. The van der Waals surface area contributed by atoms with Crippen molar-refractivity contribution >= 4 is 17.3 Å². The monoisotopic (exact) mass is 435 g/mol. The van der Waals surface area contributed by atoms with E-state index in [9.17, 15) is 18.0 Å². The van der Waals surface area contributed by atoms with Gasteiger partial charge in [-0.05, 0) is 42.5 Å². The van der Waals surface area contributed by atoms with Crippen LogP contribution in [0, 0.1) is 0 Å². The van der Waals surface area contributed by atoms with Crippen LogP contribution in [0.3, 0.4) is 0 Å². The minimum atomic E-state index is -4.54. The number of halogens is 3. The summed E-state index contributed by atoms with van der Waals surface area (Å²) in [6.45, 7) is 0. The Kier molecular flexibility index (Phi) is 4.66. The molecule has 1 unspecified atom stereocenters. The second-order valence-electron chi connectivity index (χ2n) is 7.26. The Labute approximate surface area is 180 Å². The van der Waals surface area contributed by atoms with Gasteiger partial charge in [-0.1, -0.05) is 18.2 Å². The van der Waals surface area contributed by atoms with Crippen molar-refractivity contribution in [2.45, 2.75) is 12.3 Å². The maximum atomic E-state index is 13.5. The Hall–Kier alpha value is -4.14. The van der Waals surface area contributed by atoms with Gasteiger partial charge in [0.2, 0.25) is 0 Å². The van der Waals surface area contributed by atoms with Crippen LogP contribution in [0.25, 0.3) is 11.3 Å². The first-order valence-corrected chi connectivity index (χ1v) is 9.73. The molecule has 160 valence electrons. The first kappa shape index (κ1) is 19.8. The van der Waals surface area contributed by atoms with E-state index in [0.29, 0.717) is 22.5 Å². The van der Waals surface area contributed by atoms with Crippen molar-refractivity contribution in [3.05, 3.63) is 95.9 Å². The van der Waals surface area contributed by atoms with Crippen LogP contribution in [0.2, 0.25) is 0 Å². The van der Waals surface area contributed by atoms with Gasteiger partial charge in [0.05, 0.1) is 23.0 Å². The summed E-state index contributed by atoms with van der Waals surface area (Å²) in [6.07, 6.45) is -0.499. The summed E-state index contributed by atoms with van der Waals surface area (Å²) in [5, 5.41) is 10.3. The number of para-hydroxylation sites is 1. The molecular weight excluding hydrogens is 419 g/mol. The van der Waals surface area contributed by atoms with Gasteiger partial charge in [-0.3, -0.25) is 19.8 Å². The van der Waals surface area contributed by atoms with Gasteiger partial charge in [0.25, 0.3) is 5.91 Å². The number of aromatic amines is 1. The number of fused-ring (bicyclic) bond motifs is 1. The molecule has 4 aromatic rings. The Morgan fingerprint density at radius 1 is 0.969 bits per heavy atom. The number of carbonyl (C=O) groups is 1. The molecule has 0 fully saturated rings. The van der Waals surface area contributed by atoms with Crippen molar-refractivity contribution in [1.29, 1.82) is 0 Å². The second-order valence-corrected chi connectivity index (χ2v) is 7.26. The second kappa shape index (κ2) is 7.52. The quantitative estimate of drug-likeness (QED) is 0.460. The van der Waals surface area contributed by atoms with Crippen molar-refractivity contribution in [2.75, 3.05) is 10.2 Å². The highest BCUT2D eigenvalue weighted by molar-refractivity contribution is 6.12. The largest absolute Gasteiger partial charge is 0.416 e. The zero-order valence-corrected chi connectivity index (χ0v) is 16.5. The number of carbonyl (C=O) groups excluding carboxylic acids is 1. The van der Waals surface area contributed by atoms with Crippen molar-refractivity contribution in [3.63, 3.8) is 0 Å². The number of rotatable bonds is 3. The Morgan fingerprint density at radius 3 is 2.59 bits per heavy atom. The Bertz CT molecular complexity index is 1290. The number of hydrogen-bond donors (Lipinski definition) is 2. The smallest absolute Gasteiger partial charge is 0.360 e.